The molecule has 0 bridgehead atoms. The molecule has 0 amide bonds. The van der Waals surface area contributed by atoms with Crippen LogP contribution in [0, 0.1) is 29.1 Å². The van der Waals surface area contributed by atoms with E-state index in [4.69, 9.17) is 11.6 Å². The van der Waals surface area contributed by atoms with Crippen molar-refractivity contribution in [1.82, 2.24) is 4.98 Å². The Morgan fingerprint density at radius 3 is 1.80 bits per heavy atom. The van der Waals surface area contributed by atoms with Gasteiger partial charge in [0.15, 0.2) is 23.3 Å². The van der Waals surface area contributed by atoms with Gasteiger partial charge in [0.05, 0.1) is 5.38 Å². The molecule has 0 saturated heterocycles. The van der Waals surface area contributed by atoms with Gasteiger partial charge in [0.2, 0.25) is 5.82 Å². The number of aromatic nitrogens is 1. The fourth-order valence-corrected chi connectivity index (χ4v) is 2.09. The van der Waals surface area contributed by atoms with Crippen molar-refractivity contribution in [2.75, 3.05) is 0 Å². The largest absolute Gasteiger partial charge is 0.265 e. The van der Waals surface area contributed by atoms with Crippen LogP contribution >= 0.6 is 11.6 Å². The summed E-state index contributed by atoms with van der Waals surface area (Å²) in [7, 11) is 0. The Kier molecular flexibility index (Phi) is 4.23. The summed E-state index contributed by atoms with van der Waals surface area (Å²) in [6, 6.07) is 3.06. The number of halogens is 6. The maximum Gasteiger partial charge on any atom is 0.200 e. The first kappa shape index (κ1) is 14.7. The lowest BCUT2D eigenvalue weighted by Crippen LogP contribution is -2.10. The second-order valence-corrected chi connectivity index (χ2v) is 4.54. The van der Waals surface area contributed by atoms with E-state index in [2.05, 4.69) is 4.98 Å². The number of benzene rings is 1. The third-order valence-corrected chi connectivity index (χ3v) is 3.09. The molecule has 2 rings (SSSR count). The molecule has 1 nitrogen and oxygen atoms in total. The maximum absolute atomic E-state index is 13.5. The van der Waals surface area contributed by atoms with E-state index < -0.39 is 40.0 Å². The summed E-state index contributed by atoms with van der Waals surface area (Å²) < 4.78 is 66.1. The highest BCUT2D eigenvalue weighted by molar-refractivity contribution is 6.21. The van der Waals surface area contributed by atoms with Crippen LogP contribution in [0.3, 0.4) is 0 Å². The molecule has 1 aromatic heterocycles. The molecule has 1 unspecified atom stereocenters. The lowest BCUT2D eigenvalue weighted by Gasteiger charge is -2.13. The standard InChI is InChI=1S/C13H7ClF5N/c14-7(5-6-1-3-20-4-2-6)8-9(15)11(17)13(19)12(18)10(8)16/h1-4,7H,5H2. The van der Waals surface area contributed by atoms with Crippen molar-refractivity contribution in [1.29, 1.82) is 0 Å². The van der Waals surface area contributed by atoms with Crippen molar-refractivity contribution in [3.63, 3.8) is 0 Å². The molecule has 0 aliphatic rings. The van der Waals surface area contributed by atoms with Gasteiger partial charge < -0.3 is 0 Å². The van der Waals surface area contributed by atoms with Crippen molar-refractivity contribution < 1.29 is 22.0 Å². The van der Waals surface area contributed by atoms with Gasteiger partial charge in [-0.15, -0.1) is 11.6 Å². The molecule has 1 heterocycles. The van der Waals surface area contributed by atoms with E-state index in [0.29, 0.717) is 5.56 Å². The third kappa shape index (κ3) is 2.60. The highest BCUT2D eigenvalue weighted by Crippen LogP contribution is 2.33. The number of nitrogens with zero attached hydrogens (tertiary/aromatic N) is 1. The molecule has 0 aliphatic heterocycles. The Morgan fingerprint density at radius 1 is 0.850 bits per heavy atom. The summed E-state index contributed by atoms with van der Waals surface area (Å²) >= 11 is 5.79. The normalized spacial score (nSPS) is 12.5. The molecule has 2 aromatic rings. The van der Waals surface area contributed by atoms with Crippen molar-refractivity contribution in [3.05, 3.63) is 64.7 Å². The number of alkyl halides is 1. The molecule has 106 valence electrons. The third-order valence-electron chi connectivity index (χ3n) is 2.72. The van der Waals surface area contributed by atoms with Gasteiger partial charge in [-0.2, -0.15) is 0 Å². The zero-order valence-electron chi connectivity index (χ0n) is 9.81. The monoisotopic (exact) mass is 307 g/mol. The van der Waals surface area contributed by atoms with Crippen LogP contribution < -0.4 is 0 Å². The topological polar surface area (TPSA) is 12.9 Å². The Morgan fingerprint density at radius 2 is 1.30 bits per heavy atom. The summed E-state index contributed by atoms with van der Waals surface area (Å²) in [4.78, 5) is 3.74. The van der Waals surface area contributed by atoms with Crippen LogP contribution in [0.2, 0.25) is 0 Å². The summed E-state index contributed by atoms with van der Waals surface area (Å²) in [6.45, 7) is 0. The molecular weight excluding hydrogens is 301 g/mol. The number of hydrogen-bond acceptors (Lipinski definition) is 1. The van der Waals surface area contributed by atoms with Gasteiger partial charge in [-0.25, -0.2) is 22.0 Å². The molecule has 0 fully saturated rings. The van der Waals surface area contributed by atoms with Gasteiger partial charge >= 0.3 is 0 Å². The summed E-state index contributed by atoms with van der Waals surface area (Å²) in [6.07, 6.45) is 2.76. The fraction of sp³-hybridized carbons (Fsp3) is 0.154. The lowest BCUT2D eigenvalue weighted by molar-refractivity contribution is 0.369. The number of rotatable bonds is 3. The first-order chi connectivity index (χ1) is 9.43. The fourth-order valence-electron chi connectivity index (χ4n) is 1.72. The molecule has 1 aromatic carbocycles. The van der Waals surface area contributed by atoms with Gasteiger partial charge in [-0.1, -0.05) is 0 Å². The summed E-state index contributed by atoms with van der Waals surface area (Å²) in [5.74, 6) is -10.0. The zero-order chi connectivity index (χ0) is 14.9. The molecule has 1 atom stereocenters. The number of pyridine rings is 1. The average Bonchev–Trinajstić information content (AvgIpc) is 2.44. The van der Waals surface area contributed by atoms with Crippen molar-refractivity contribution in [2.24, 2.45) is 0 Å². The molecule has 7 heteroatoms. The second-order valence-electron chi connectivity index (χ2n) is 4.01. The molecule has 20 heavy (non-hydrogen) atoms. The smallest absolute Gasteiger partial charge is 0.200 e. The van der Waals surface area contributed by atoms with Crippen LogP contribution in [0.1, 0.15) is 16.5 Å². The minimum atomic E-state index is -2.20. The van der Waals surface area contributed by atoms with Crippen LogP contribution in [0.15, 0.2) is 24.5 Å². The number of hydrogen-bond donors (Lipinski definition) is 0. The van der Waals surface area contributed by atoms with Crippen LogP contribution in [-0.2, 0) is 6.42 Å². The van der Waals surface area contributed by atoms with Crippen molar-refractivity contribution in [2.45, 2.75) is 11.8 Å². The van der Waals surface area contributed by atoms with Gasteiger partial charge in [-0.05, 0) is 24.1 Å². The van der Waals surface area contributed by atoms with Crippen LogP contribution in [-0.4, -0.2) is 4.98 Å². The predicted molar refractivity (Wildman–Crippen MR) is 62.8 cm³/mol. The summed E-state index contributed by atoms with van der Waals surface area (Å²) in [5.41, 5.74) is -0.469. The van der Waals surface area contributed by atoms with Gasteiger partial charge in [0, 0.05) is 18.0 Å². The molecule has 0 saturated carbocycles. The first-order valence-corrected chi connectivity index (χ1v) is 5.91. The Bertz CT molecular complexity index is 603. The van der Waals surface area contributed by atoms with E-state index in [1.165, 1.54) is 24.5 Å². The average molecular weight is 308 g/mol. The summed E-state index contributed by atoms with van der Waals surface area (Å²) in [5, 5.41) is -1.39. The van der Waals surface area contributed by atoms with E-state index >= 15 is 0 Å². The van der Waals surface area contributed by atoms with E-state index in [-0.39, 0.29) is 6.42 Å². The minimum absolute atomic E-state index is 0.0948. The molecule has 0 radical (unpaired) electrons. The SMILES string of the molecule is Fc1c(F)c(F)c(C(Cl)Cc2ccncc2)c(F)c1F. The predicted octanol–water partition coefficient (Wildman–Crippen LogP) is 4.30. The van der Waals surface area contributed by atoms with Gasteiger partial charge in [0.1, 0.15) is 0 Å². The molecule has 0 spiro atoms. The Labute approximate surface area is 116 Å². The van der Waals surface area contributed by atoms with E-state index in [0.717, 1.165) is 0 Å². The quantitative estimate of drug-likeness (QED) is 0.356. The van der Waals surface area contributed by atoms with Crippen LogP contribution in [0.5, 0.6) is 0 Å². The highest BCUT2D eigenvalue weighted by Gasteiger charge is 2.29. The van der Waals surface area contributed by atoms with Crippen molar-refractivity contribution >= 4 is 11.6 Å². The van der Waals surface area contributed by atoms with Crippen molar-refractivity contribution in [3.8, 4) is 0 Å². The Hall–Kier alpha value is -1.69. The first-order valence-electron chi connectivity index (χ1n) is 5.47. The van der Waals surface area contributed by atoms with Gasteiger partial charge in [-0.3, -0.25) is 4.98 Å². The maximum atomic E-state index is 13.5. The molecule has 0 aliphatic carbocycles. The Balaban J connectivity index is 2.42. The van der Waals surface area contributed by atoms with Crippen LogP contribution in [0.4, 0.5) is 22.0 Å². The molecule has 0 N–H and O–H groups in total. The van der Waals surface area contributed by atoms with E-state index in [1.807, 2.05) is 0 Å². The van der Waals surface area contributed by atoms with Crippen LogP contribution in [0.25, 0.3) is 0 Å². The van der Waals surface area contributed by atoms with E-state index in [1.54, 1.807) is 0 Å². The second kappa shape index (κ2) is 5.75. The molecular formula is C13H7ClF5N. The minimum Gasteiger partial charge on any atom is -0.265 e. The zero-order valence-corrected chi connectivity index (χ0v) is 10.6. The lowest BCUT2D eigenvalue weighted by atomic mass is 10.0. The van der Waals surface area contributed by atoms with E-state index in [9.17, 15) is 22.0 Å². The highest BCUT2D eigenvalue weighted by atomic mass is 35.5. The van der Waals surface area contributed by atoms with Gasteiger partial charge in [0.25, 0.3) is 0 Å².